The largest absolute Gasteiger partial charge is 0.489 e. The molecule has 1 aliphatic heterocycles. The Hall–Kier alpha value is -2.34. The molecule has 2 atom stereocenters. The molecule has 0 aromatic heterocycles. The maximum Gasteiger partial charge on any atom is 0.326 e. The van der Waals surface area contributed by atoms with Gasteiger partial charge in [0, 0.05) is 13.0 Å². The molecule has 1 heterocycles. The van der Waals surface area contributed by atoms with E-state index in [1.807, 2.05) is 0 Å². The molecule has 0 spiro atoms. The minimum atomic E-state index is -1.12. The molecule has 1 fully saturated rings. The predicted octanol–water partition coefficient (Wildman–Crippen LogP) is 0.911. The van der Waals surface area contributed by atoms with Crippen molar-refractivity contribution in [2.75, 3.05) is 13.2 Å². The summed E-state index contributed by atoms with van der Waals surface area (Å²) in [5.74, 6) is -1.21. The van der Waals surface area contributed by atoms with Crippen molar-refractivity contribution in [1.29, 1.82) is 0 Å². The van der Waals surface area contributed by atoms with Gasteiger partial charge < -0.3 is 19.8 Å². The summed E-state index contributed by atoms with van der Waals surface area (Å²) in [6.07, 6.45) is 0.772. The number of benzene rings is 1. The number of nitrogens with zero attached hydrogens (tertiary/aromatic N) is 1. The number of carbonyl (C=O) groups excluding carboxylic acids is 1. The van der Waals surface area contributed by atoms with Gasteiger partial charge in [0.15, 0.2) is 0 Å². The van der Waals surface area contributed by atoms with Crippen LogP contribution < -0.4 is 4.74 Å². The summed E-state index contributed by atoms with van der Waals surface area (Å²) in [6.45, 7) is 3.79. The number of aliphatic carboxylic acids is 1. The van der Waals surface area contributed by atoms with Crippen LogP contribution in [0.3, 0.4) is 0 Å². The van der Waals surface area contributed by atoms with Crippen molar-refractivity contribution in [2.45, 2.75) is 18.6 Å². The first-order valence-electron chi connectivity index (χ1n) is 6.59. The molecule has 1 amide bonds. The molecule has 6 nitrogen and oxygen atoms in total. The lowest BCUT2D eigenvalue weighted by molar-refractivity contribution is -0.141. The Morgan fingerprint density at radius 3 is 2.81 bits per heavy atom. The van der Waals surface area contributed by atoms with Crippen molar-refractivity contribution < 1.29 is 24.5 Å². The van der Waals surface area contributed by atoms with Gasteiger partial charge in [0.05, 0.1) is 11.7 Å². The fraction of sp³-hybridized carbons (Fsp3) is 0.333. The summed E-state index contributed by atoms with van der Waals surface area (Å²) in [7, 11) is 0. The second kappa shape index (κ2) is 6.41. The lowest BCUT2D eigenvalue weighted by Crippen LogP contribution is -2.40. The minimum Gasteiger partial charge on any atom is -0.489 e. The fourth-order valence-electron chi connectivity index (χ4n) is 2.34. The number of β-amino-alcohol motifs (C(OH)–C–C–N with tert-alkyl or cyclic N) is 1. The molecule has 1 aliphatic rings. The van der Waals surface area contributed by atoms with Gasteiger partial charge in [0.1, 0.15) is 18.4 Å². The topological polar surface area (TPSA) is 87.1 Å². The zero-order valence-corrected chi connectivity index (χ0v) is 11.4. The first-order chi connectivity index (χ1) is 10.0. The zero-order valence-electron chi connectivity index (χ0n) is 11.4. The van der Waals surface area contributed by atoms with E-state index >= 15 is 0 Å². The molecular weight excluding hydrogens is 274 g/mol. The highest BCUT2D eigenvalue weighted by atomic mass is 16.5. The molecule has 2 rings (SSSR count). The van der Waals surface area contributed by atoms with Crippen molar-refractivity contribution in [3.63, 3.8) is 0 Å². The van der Waals surface area contributed by atoms with E-state index in [0.717, 1.165) is 0 Å². The SMILES string of the molecule is C=CCOc1ccccc1C(=O)N1CC(O)CC1C(=O)O. The molecule has 1 saturated heterocycles. The third kappa shape index (κ3) is 3.22. The fourth-order valence-corrected chi connectivity index (χ4v) is 2.34. The van der Waals surface area contributed by atoms with Crippen molar-refractivity contribution in [1.82, 2.24) is 4.90 Å². The van der Waals surface area contributed by atoms with E-state index in [2.05, 4.69) is 6.58 Å². The van der Waals surface area contributed by atoms with Crippen LogP contribution in [0.25, 0.3) is 0 Å². The van der Waals surface area contributed by atoms with E-state index in [-0.39, 0.29) is 25.1 Å². The Balaban J connectivity index is 2.27. The normalized spacial score (nSPS) is 21.1. The molecule has 0 bridgehead atoms. The van der Waals surface area contributed by atoms with E-state index in [1.54, 1.807) is 30.3 Å². The van der Waals surface area contributed by atoms with Crippen LogP contribution in [0.5, 0.6) is 5.75 Å². The molecule has 21 heavy (non-hydrogen) atoms. The predicted molar refractivity (Wildman–Crippen MR) is 75.2 cm³/mol. The Bertz CT molecular complexity index is 557. The number of likely N-dealkylation sites (tertiary alicyclic amines) is 1. The van der Waals surface area contributed by atoms with Crippen LogP contribution in [0.1, 0.15) is 16.8 Å². The Kier molecular flexibility index (Phi) is 4.59. The van der Waals surface area contributed by atoms with Crippen molar-refractivity contribution >= 4 is 11.9 Å². The maximum atomic E-state index is 12.5. The third-order valence-electron chi connectivity index (χ3n) is 3.30. The minimum absolute atomic E-state index is 0.00555. The summed E-state index contributed by atoms with van der Waals surface area (Å²) < 4.78 is 5.41. The Morgan fingerprint density at radius 1 is 1.43 bits per heavy atom. The van der Waals surface area contributed by atoms with Crippen molar-refractivity contribution in [3.8, 4) is 5.75 Å². The molecule has 2 unspecified atom stereocenters. The number of amides is 1. The van der Waals surface area contributed by atoms with Crippen LogP contribution in [-0.4, -0.2) is 52.3 Å². The highest BCUT2D eigenvalue weighted by Gasteiger charge is 2.39. The average Bonchev–Trinajstić information content (AvgIpc) is 2.87. The van der Waals surface area contributed by atoms with Gasteiger partial charge in [0.2, 0.25) is 0 Å². The zero-order chi connectivity index (χ0) is 15.4. The molecule has 6 heteroatoms. The van der Waals surface area contributed by atoms with Gasteiger partial charge in [-0.25, -0.2) is 4.79 Å². The highest BCUT2D eigenvalue weighted by molar-refractivity contribution is 5.99. The first-order valence-corrected chi connectivity index (χ1v) is 6.59. The van der Waals surface area contributed by atoms with E-state index in [0.29, 0.717) is 5.75 Å². The quantitative estimate of drug-likeness (QED) is 0.787. The van der Waals surface area contributed by atoms with Crippen LogP contribution in [0.15, 0.2) is 36.9 Å². The maximum absolute atomic E-state index is 12.5. The lowest BCUT2D eigenvalue weighted by atomic mass is 10.1. The van der Waals surface area contributed by atoms with Crippen LogP contribution in [-0.2, 0) is 4.79 Å². The highest BCUT2D eigenvalue weighted by Crippen LogP contribution is 2.25. The second-order valence-electron chi connectivity index (χ2n) is 4.80. The summed E-state index contributed by atoms with van der Waals surface area (Å²) in [4.78, 5) is 24.9. The number of hydrogen-bond donors (Lipinski definition) is 2. The average molecular weight is 291 g/mol. The van der Waals surface area contributed by atoms with E-state index in [9.17, 15) is 14.7 Å². The van der Waals surface area contributed by atoms with E-state index < -0.39 is 24.0 Å². The van der Waals surface area contributed by atoms with Gasteiger partial charge in [-0.3, -0.25) is 4.79 Å². The van der Waals surface area contributed by atoms with Gasteiger partial charge in [-0.2, -0.15) is 0 Å². The number of hydrogen-bond acceptors (Lipinski definition) is 4. The summed E-state index contributed by atoms with van der Waals surface area (Å²) >= 11 is 0. The third-order valence-corrected chi connectivity index (χ3v) is 3.30. The Morgan fingerprint density at radius 2 is 2.14 bits per heavy atom. The molecule has 112 valence electrons. The van der Waals surface area contributed by atoms with Crippen LogP contribution in [0.4, 0.5) is 0 Å². The number of aliphatic hydroxyl groups excluding tert-OH is 1. The second-order valence-corrected chi connectivity index (χ2v) is 4.80. The van der Waals surface area contributed by atoms with Crippen LogP contribution >= 0.6 is 0 Å². The van der Waals surface area contributed by atoms with Gasteiger partial charge in [-0.1, -0.05) is 24.8 Å². The van der Waals surface area contributed by atoms with Crippen molar-refractivity contribution in [2.24, 2.45) is 0 Å². The monoisotopic (exact) mass is 291 g/mol. The summed E-state index contributed by atoms with van der Waals surface area (Å²) in [5.41, 5.74) is 0.278. The number of carbonyl (C=O) groups is 2. The summed E-state index contributed by atoms with van der Waals surface area (Å²) in [5, 5.41) is 18.8. The summed E-state index contributed by atoms with van der Waals surface area (Å²) in [6, 6.07) is 5.60. The van der Waals surface area contributed by atoms with E-state index in [1.165, 1.54) is 4.90 Å². The van der Waals surface area contributed by atoms with Gasteiger partial charge in [0.25, 0.3) is 5.91 Å². The molecule has 0 saturated carbocycles. The number of rotatable bonds is 5. The molecule has 1 aromatic rings. The first kappa shape index (κ1) is 15.1. The molecular formula is C15H17NO5. The number of aliphatic hydroxyl groups is 1. The van der Waals surface area contributed by atoms with Gasteiger partial charge in [-0.15, -0.1) is 0 Å². The molecule has 1 aromatic carbocycles. The molecule has 0 aliphatic carbocycles. The van der Waals surface area contributed by atoms with Crippen LogP contribution in [0.2, 0.25) is 0 Å². The molecule has 2 N–H and O–H groups in total. The van der Waals surface area contributed by atoms with E-state index in [4.69, 9.17) is 9.84 Å². The number of carboxylic acid groups (broad SMARTS) is 1. The molecule has 0 radical (unpaired) electrons. The van der Waals surface area contributed by atoms with Gasteiger partial charge >= 0.3 is 5.97 Å². The van der Waals surface area contributed by atoms with Crippen LogP contribution in [0, 0.1) is 0 Å². The number of carboxylic acids is 1. The lowest BCUT2D eigenvalue weighted by Gasteiger charge is -2.22. The standard InChI is InChI=1S/C15H17NO5/c1-2-7-21-13-6-4-3-5-11(13)14(18)16-9-10(17)8-12(16)15(19)20/h2-6,10,12,17H,1,7-9H2,(H,19,20). The van der Waals surface area contributed by atoms with Crippen molar-refractivity contribution in [3.05, 3.63) is 42.5 Å². The Labute approximate surface area is 122 Å². The van der Waals surface area contributed by atoms with Gasteiger partial charge in [-0.05, 0) is 12.1 Å². The number of ether oxygens (including phenoxy) is 1. The number of para-hydroxylation sites is 1. The smallest absolute Gasteiger partial charge is 0.326 e.